The predicted molar refractivity (Wildman–Crippen MR) is 38.5 cm³/mol. The van der Waals surface area contributed by atoms with E-state index in [0.717, 1.165) is 12.8 Å². The van der Waals surface area contributed by atoms with E-state index >= 15 is 0 Å². The van der Waals surface area contributed by atoms with Crippen LogP contribution in [0.2, 0.25) is 0 Å². The first-order valence-electron chi connectivity index (χ1n) is 3.61. The fourth-order valence-corrected chi connectivity index (χ4v) is 1.19. The van der Waals surface area contributed by atoms with Gasteiger partial charge in [-0.2, -0.15) is 0 Å². The second kappa shape index (κ2) is 3.40. The third kappa shape index (κ3) is 1.87. The van der Waals surface area contributed by atoms with Gasteiger partial charge in [0, 0.05) is 12.8 Å². The zero-order valence-corrected chi connectivity index (χ0v) is 6.01. The van der Waals surface area contributed by atoms with E-state index in [0.29, 0.717) is 18.6 Å². The molecule has 1 saturated carbocycles. The maximum atomic E-state index is 10.7. The number of ether oxygens (including phenoxy) is 1. The van der Waals surface area contributed by atoms with E-state index in [4.69, 9.17) is 4.74 Å². The summed E-state index contributed by atoms with van der Waals surface area (Å²) in [6.07, 6.45) is 4.79. The minimum Gasteiger partial charge on any atom is -0.499 e. The molecule has 2 nitrogen and oxygen atoms in total. The van der Waals surface area contributed by atoms with Crippen LogP contribution in [-0.2, 0) is 9.53 Å². The third-order valence-corrected chi connectivity index (χ3v) is 1.78. The number of Topliss-reactive ketones (excluding diaryl/α,β-unsaturated/α-hetero) is 1. The maximum Gasteiger partial charge on any atom is 0.133 e. The standard InChI is InChI=1S/C8H12O2/c1-2-10-8-5-3-7(9)4-6-8/h2,8H,1,3-6H2. The molecular weight excluding hydrogens is 128 g/mol. The normalized spacial score (nSPS) is 20.6. The molecule has 0 atom stereocenters. The van der Waals surface area contributed by atoms with Crippen LogP contribution < -0.4 is 0 Å². The highest BCUT2D eigenvalue weighted by molar-refractivity contribution is 5.79. The molecule has 0 saturated heterocycles. The van der Waals surface area contributed by atoms with Crippen molar-refractivity contribution >= 4 is 5.78 Å². The second-order valence-electron chi connectivity index (χ2n) is 2.54. The van der Waals surface area contributed by atoms with Crippen LogP contribution in [0.1, 0.15) is 25.7 Å². The lowest BCUT2D eigenvalue weighted by Crippen LogP contribution is -2.19. The van der Waals surface area contributed by atoms with E-state index < -0.39 is 0 Å². The number of carbonyl (C=O) groups is 1. The molecule has 10 heavy (non-hydrogen) atoms. The van der Waals surface area contributed by atoms with Gasteiger partial charge in [-0.05, 0) is 12.8 Å². The van der Waals surface area contributed by atoms with E-state index in [9.17, 15) is 4.79 Å². The smallest absolute Gasteiger partial charge is 0.133 e. The van der Waals surface area contributed by atoms with Crippen LogP contribution in [0.3, 0.4) is 0 Å². The zero-order valence-electron chi connectivity index (χ0n) is 6.01. The molecule has 0 radical (unpaired) electrons. The first-order chi connectivity index (χ1) is 4.83. The van der Waals surface area contributed by atoms with Crippen molar-refractivity contribution in [2.24, 2.45) is 0 Å². The van der Waals surface area contributed by atoms with E-state index in [1.165, 1.54) is 6.26 Å². The summed E-state index contributed by atoms with van der Waals surface area (Å²) in [5.74, 6) is 0.365. The minimum absolute atomic E-state index is 0.246. The third-order valence-electron chi connectivity index (χ3n) is 1.78. The van der Waals surface area contributed by atoms with Gasteiger partial charge < -0.3 is 4.74 Å². The van der Waals surface area contributed by atoms with Gasteiger partial charge >= 0.3 is 0 Å². The molecule has 56 valence electrons. The Labute approximate surface area is 60.9 Å². The van der Waals surface area contributed by atoms with Crippen LogP contribution in [0.15, 0.2) is 12.8 Å². The largest absolute Gasteiger partial charge is 0.499 e. The lowest BCUT2D eigenvalue weighted by molar-refractivity contribution is -0.122. The Morgan fingerprint density at radius 2 is 2.10 bits per heavy atom. The number of ketones is 1. The van der Waals surface area contributed by atoms with Gasteiger partial charge in [-0.1, -0.05) is 6.58 Å². The molecular formula is C8H12O2. The zero-order chi connectivity index (χ0) is 7.40. The van der Waals surface area contributed by atoms with E-state index in [2.05, 4.69) is 6.58 Å². The van der Waals surface area contributed by atoms with E-state index in [-0.39, 0.29) is 6.10 Å². The van der Waals surface area contributed by atoms with Crippen LogP contribution in [0.25, 0.3) is 0 Å². The van der Waals surface area contributed by atoms with Crippen molar-refractivity contribution in [3.05, 3.63) is 12.8 Å². The molecule has 2 heteroatoms. The quantitative estimate of drug-likeness (QED) is 0.545. The number of rotatable bonds is 2. The van der Waals surface area contributed by atoms with Gasteiger partial charge in [-0.15, -0.1) is 0 Å². The topological polar surface area (TPSA) is 26.3 Å². The van der Waals surface area contributed by atoms with Crippen molar-refractivity contribution in [3.8, 4) is 0 Å². The van der Waals surface area contributed by atoms with Gasteiger partial charge in [-0.25, -0.2) is 0 Å². The average molecular weight is 140 g/mol. The summed E-state index contributed by atoms with van der Waals surface area (Å²) in [5, 5.41) is 0. The summed E-state index contributed by atoms with van der Waals surface area (Å²) in [5.41, 5.74) is 0. The number of hydrogen-bond acceptors (Lipinski definition) is 2. The molecule has 0 amide bonds. The molecule has 1 fully saturated rings. The summed E-state index contributed by atoms with van der Waals surface area (Å²) in [4.78, 5) is 10.7. The van der Waals surface area contributed by atoms with Crippen molar-refractivity contribution in [1.29, 1.82) is 0 Å². The van der Waals surface area contributed by atoms with Gasteiger partial charge in [-0.3, -0.25) is 4.79 Å². The van der Waals surface area contributed by atoms with Gasteiger partial charge in [0.15, 0.2) is 0 Å². The Kier molecular flexibility index (Phi) is 2.49. The van der Waals surface area contributed by atoms with Crippen molar-refractivity contribution in [3.63, 3.8) is 0 Å². The molecule has 0 spiro atoms. The molecule has 0 aromatic rings. The van der Waals surface area contributed by atoms with Crippen LogP contribution in [0.5, 0.6) is 0 Å². The fourth-order valence-electron chi connectivity index (χ4n) is 1.19. The first kappa shape index (κ1) is 7.32. The molecule has 0 N–H and O–H groups in total. The highest BCUT2D eigenvalue weighted by Gasteiger charge is 2.18. The van der Waals surface area contributed by atoms with Crippen LogP contribution in [0, 0.1) is 0 Å². The van der Waals surface area contributed by atoms with Gasteiger partial charge in [0.05, 0.1) is 12.4 Å². The Morgan fingerprint density at radius 1 is 1.50 bits per heavy atom. The number of carbonyl (C=O) groups excluding carboxylic acids is 1. The molecule has 0 aromatic heterocycles. The van der Waals surface area contributed by atoms with Crippen molar-refractivity contribution in [2.75, 3.05) is 0 Å². The molecule has 0 heterocycles. The van der Waals surface area contributed by atoms with Crippen LogP contribution in [-0.4, -0.2) is 11.9 Å². The number of hydrogen-bond donors (Lipinski definition) is 0. The molecule has 0 aromatic carbocycles. The summed E-state index contributed by atoms with van der Waals surface area (Å²) < 4.78 is 5.14. The molecule has 0 aliphatic heterocycles. The van der Waals surface area contributed by atoms with Gasteiger partial charge in [0.1, 0.15) is 5.78 Å². The Balaban J connectivity index is 2.25. The minimum atomic E-state index is 0.246. The summed E-state index contributed by atoms with van der Waals surface area (Å²) in [7, 11) is 0. The molecule has 1 aliphatic rings. The molecule has 0 bridgehead atoms. The average Bonchev–Trinajstić information content (AvgIpc) is 1.95. The van der Waals surface area contributed by atoms with E-state index in [1.54, 1.807) is 0 Å². The van der Waals surface area contributed by atoms with Gasteiger partial charge in [0.25, 0.3) is 0 Å². The first-order valence-corrected chi connectivity index (χ1v) is 3.61. The highest BCUT2D eigenvalue weighted by Crippen LogP contribution is 2.17. The Morgan fingerprint density at radius 3 is 2.60 bits per heavy atom. The maximum absolute atomic E-state index is 10.7. The lowest BCUT2D eigenvalue weighted by Gasteiger charge is -2.19. The second-order valence-corrected chi connectivity index (χ2v) is 2.54. The highest BCUT2D eigenvalue weighted by atomic mass is 16.5. The Bertz CT molecular complexity index is 130. The van der Waals surface area contributed by atoms with Crippen molar-refractivity contribution in [2.45, 2.75) is 31.8 Å². The monoisotopic (exact) mass is 140 g/mol. The Hall–Kier alpha value is -0.790. The SMILES string of the molecule is C=COC1CCC(=O)CC1. The summed E-state index contributed by atoms with van der Waals surface area (Å²) in [6, 6.07) is 0. The lowest BCUT2D eigenvalue weighted by atomic mass is 9.97. The van der Waals surface area contributed by atoms with E-state index in [1.807, 2.05) is 0 Å². The van der Waals surface area contributed by atoms with Crippen LogP contribution >= 0.6 is 0 Å². The fraction of sp³-hybridized carbons (Fsp3) is 0.625. The van der Waals surface area contributed by atoms with Crippen LogP contribution in [0.4, 0.5) is 0 Å². The summed E-state index contributed by atoms with van der Waals surface area (Å²) in [6.45, 7) is 3.47. The molecule has 1 aliphatic carbocycles. The predicted octanol–water partition coefficient (Wildman–Crippen LogP) is 1.66. The molecule has 0 unspecified atom stereocenters. The van der Waals surface area contributed by atoms with Crippen molar-refractivity contribution < 1.29 is 9.53 Å². The van der Waals surface area contributed by atoms with Gasteiger partial charge in [0.2, 0.25) is 0 Å². The summed E-state index contributed by atoms with van der Waals surface area (Å²) >= 11 is 0. The molecule has 1 rings (SSSR count). The van der Waals surface area contributed by atoms with Crippen molar-refractivity contribution in [1.82, 2.24) is 0 Å².